The van der Waals surface area contributed by atoms with Gasteiger partial charge >= 0.3 is 0 Å². The monoisotopic (exact) mass is 257 g/mol. The minimum absolute atomic E-state index is 0.179. The molecule has 0 aliphatic heterocycles. The zero-order valence-electron chi connectivity index (χ0n) is 9.77. The maximum Gasteiger partial charge on any atom is 0.220 e. The average molecular weight is 257 g/mol. The summed E-state index contributed by atoms with van der Waals surface area (Å²) in [5.74, 6) is 0.731. The Hall–Kier alpha value is -2.07. The standard InChI is InChI=1S/C14H11NO2S/c1-16-10-5-4-9-7-11(13-3-2-6-18-13)14(15)17-12(9)8-10/h2-8,15H,1H3. The van der Waals surface area contributed by atoms with Gasteiger partial charge in [0.05, 0.1) is 12.7 Å². The van der Waals surface area contributed by atoms with Crippen LogP contribution in [0.2, 0.25) is 0 Å². The number of hydrogen-bond donors (Lipinski definition) is 1. The highest BCUT2D eigenvalue weighted by Crippen LogP contribution is 2.26. The summed E-state index contributed by atoms with van der Waals surface area (Å²) in [4.78, 5) is 1.04. The van der Waals surface area contributed by atoms with Crippen LogP contribution < -0.4 is 10.3 Å². The molecule has 3 nitrogen and oxygen atoms in total. The van der Waals surface area contributed by atoms with Crippen LogP contribution >= 0.6 is 11.3 Å². The van der Waals surface area contributed by atoms with Gasteiger partial charge in [0.15, 0.2) is 0 Å². The third kappa shape index (κ3) is 1.80. The number of methoxy groups -OCH3 is 1. The van der Waals surface area contributed by atoms with Gasteiger partial charge in [-0.15, -0.1) is 11.3 Å². The third-order valence-corrected chi connectivity index (χ3v) is 3.67. The summed E-state index contributed by atoms with van der Waals surface area (Å²) in [6.07, 6.45) is 0. The molecule has 0 atom stereocenters. The third-order valence-electron chi connectivity index (χ3n) is 2.76. The van der Waals surface area contributed by atoms with Crippen molar-refractivity contribution in [3.63, 3.8) is 0 Å². The van der Waals surface area contributed by atoms with Crippen LogP contribution in [0.25, 0.3) is 21.4 Å². The second-order valence-corrected chi connectivity index (χ2v) is 4.82. The van der Waals surface area contributed by atoms with E-state index in [1.54, 1.807) is 24.5 Å². The Morgan fingerprint density at radius 2 is 2.11 bits per heavy atom. The summed E-state index contributed by atoms with van der Waals surface area (Å²) in [6, 6.07) is 11.6. The Labute approximate surface area is 108 Å². The molecular weight excluding hydrogens is 246 g/mol. The second-order valence-electron chi connectivity index (χ2n) is 3.87. The molecular formula is C14H11NO2S. The molecule has 18 heavy (non-hydrogen) atoms. The van der Waals surface area contributed by atoms with Gasteiger partial charge in [0.25, 0.3) is 0 Å². The molecule has 0 fully saturated rings. The Kier molecular flexibility index (Phi) is 2.64. The molecule has 0 spiro atoms. The molecule has 1 N–H and O–H groups in total. The number of ether oxygens (including phenoxy) is 1. The van der Waals surface area contributed by atoms with Crippen LogP contribution in [-0.4, -0.2) is 7.11 Å². The van der Waals surface area contributed by atoms with E-state index in [4.69, 9.17) is 14.6 Å². The average Bonchev–Trinajstić information content (AvgIpc) is 2.91. The first-order chi connectivity index (χ1) is 8.78. The van der Waals surface area contributed by atoms with Crippen molar-refractivity contribution in [2.45, 2.75) is 0 Å². The first kappa shape index (κ1) is 11.0. The SMILES string of the molecule is COc1ccc2cc(-c3cccs3)c(=N)oc2c1. The van der Waals surface area contributed by atoms with Gasteiger partial charge in [0.2, 0.25) is 5.55 Å². The summed E-state index contributed by atoms with van der Waals surface area (Å²) in [5, 5.41) is 10.9. The normalized spacial score (nSPS) is 10.7. The molecule has 90 valence electrons. The highest BCUT2D eigenvalue weighted by Gasteiger charge is 2.07. The van der Waals surface area contributed by atoms with Gasteiger partial charge < -0.3 is 9.15 Å². The number of benzene rings is 1. The van der Waals surface area contributed by atoms with Gasteiger partial charge in [-0.05, 0) is 29.6 Å². The number of thiophene rings is 1. The lowest BCUT2D eigenvalue weighted by Gasteiger charge is -2.04. The van der Waals surface area contributed by atoms with Crippen molar-refractivity contribution in [2.75, 3.05) is 7.11 Å². The fourth-order valence-corrected chi connectivity index (χ4v) is 2.59. The van der Waals surface area contributed by atoms with E-state index < -0.39 is 0 Å². The van der Waals surface area contributed by atoms with Crippen LogP contribution in [0.15, 0.2) is 46.2 Å². The first-order valence-electron chi connectivity index (χ1n) is 5.48. The molecule has 3 aromatic rings. The molecule has 0 bridgehead atoms. The predicted molar refractivity (Wildman–Crippen MR) is 71.9 cm³/mol. The van der Waals surface area contributed by atoms with E-state index in [9.17, 15) is 0 Å². The van der Waals surface area contributed by atoms with Crippen molar-refractivity contribution in [1.82, 2.24) is 0 Å². The van der Waals surface area contributed by atoms with Crippen molar-refractivity contribution in [1.29, 1.82) is 5.41 Å². The van der Waals surface area contributed by atoms with Gasteiger partial charge in [-0.1, -0.05) is 6.07 Å². The van der Waals surface area contributed by atoms with Crippen LogP contribution in [0.4, 0.5) is 0 Å². The maximum atomic E-state index is 7.96. The summed E-state index contributed by atoms with van der Waals surface area (Å²) < 4.78 is 10.7. The predicted octanol–water partition coefficient (Wildman–Crippen LogP) is 3.65. The van der Waals surface area contributed by atoms with Crippen molar-refractivity contribution >= 4 is 22.3 Å². The van der Waals surface area contributed by atoms with Crippen LogP contribution in [0.5, 0.6) is 5.75 Å². The molecule has 0 radical (unpaired) electrons. The van der Waals surface area contributed by atoms with Gasteiger partial charge in [0.1, 0.15) is 11.3 Å². The molecule has 3 rings (SSSR count). The lowest BCUT2D eigenvalue weighted by molar-refractivity contribution is 0.414. The molecule has 1 aromatic carbocycles. The van der Waals surface area contributed by atoms with Gasteiger partial charge in [-0.2, -0.15) is 0 Å². The number of hydrogen-bond acceptors (Lipinski definition) is 4. The molecule has 0 unspecified atom stereocenters. The van der Waals surface area contributed by atoms with E-state index in [2.05, 4.69) is 0 Å². The zero-order chi connectivity index (χ0) is 12.5. The van der Waals surface area contributed by atoms with Crippen LogP contribution in [0.3, 0.4) is 0 Å². The topological polar surface area (TPSA) is 46.2 Å². The number of fused-ring (bicyclic) bond motifs is 1. The quantitative estimate of drug-likeness (QED) is 0.761. The fraction of sp³-hybridized carbons (Fsp3) is 0.0714. The summed E-state index contributed by atoms with van der Waals surface area (Å²) in [7, 11) is 1.61. The van der Waals surface area contributed by atoms with E-state index in [0.29, 0.717) is 5.58 Å². The van der Waals surface area contributed by atoms with Gasteiger partial charge in [-0.25, -0.2) is 0 Å². The smallest absolute Gasteiger partial charge is 0.220 e. The molecule has 2 aromatic heterocycles. The van der Waals surface area contributed by atoms with Crippen LogP contribution in [0, 0.1) is 5.41 Å². The lowest BCUT2D eigenvalue weighted by Crippen LogP contribution is -2.01. The van der Waals surface area contributed by atoms with E-state index in [1.807, 2.05) is 35.7 Å². The van der Waals surface area contributed by atoms with Crippen molar-refractivity contribution in [2.24, 2.45) is 0 Å². The Morgan fingerprint density at radius 3 is 2.83 bits per heavy atom. The minimum atomic E-state index is 0.179. The van der Waals surface area contributed by atoms with Crippen molar-refractivity contribution in [3.8, 4) is 16.2 Å². The van der Waals surface area contributed by atoms with Crippen molar-refractivity contribution in [3.05, 3.63) is 47.3 Å². The first-order valence-corrected chi connectivity index (χ1v) is 6.36. The molecule has 0 aliphatic carbocycles. The maximum absolute atomic E-state index is 7.96. The fourth-order valence-electron chi connectivity index (χ4n) is 1.85. The van der Waals surface area contributed by atoms with E-state index in [0.717, 1.165) is 21.6 Å². The van der Waals surface area contributed by atoms with Crippen molar-refractivity contribution < 1.29 is 9.15 Å². The van der Waals surface area contributed by atoms with Gasteiger partial charge in [-0.3, -0.25) is 5.41 Å². The Bertz CT molecular complexity index is 744. The second kappa shape index (κ2) is 4.31. The lowest BCUT2D eigenvalue weighted by atomic mass is 10.1. The van der Waals surface area contributed by atoms with Gasteiger partial charge in [0, 0.05) is 16.3 Å². The zero-order valence-corrected chi connectivity index (χ0v) is 10.6. The summed E-state index contributed by atoms with van der Waals surface area (Å²) >= 11 is 1.60. The highest BCUT2D eigenvalue weighted by molar-refractivity contribution is 7.13. The van der Waals surface area contributed by atoms with Crippen LogP contribution in [0.1, 0.15) is 0 Å². The number of rotatable bonds is 2. The summed E-state index contributed by atoms with van der Waals surface area (Å²) in [6.45, 7) is 0. The molecule has 0 amide bonds. The molecule has 0 aliphatic rings. The number of nitrogens with one attached hydrogen (secondary N) is 1. The van der Waals surface area contributed by atoms with E-state index in [-0.39, 0.29) is 5.55 Å². The van der Waals surface area contributed by atoms with E-state index in [1.165, 1.54) is 0 Å². The van der Waals surface area contributed by atoms with Crippen LogP contribution in [-0.2, 0) is 0 Å². The minimum Gasteiger partial charge on any atom is -0.497 e. The Morgan fingerprint density at radius 1 is 1.22 bits per heavy atom. The molecule has 2 heterocycles. The van der Waals surface area contributed by atoms with E-state index >= 15 is 0 Å². The highest BCUT2D eigenvalue weighted by atomic mass is 32.1. The molecule has 0 saturated heterocycles. The molecule has 0 saturated carbocycles. The molecule has 4 heteroatoms. The summed E-state index contributed by atoms with van der Waals surface area (Å²) in [5.41, 5.74) is 1.67. The largest absolute Gasteiger partial charge is 0.497 e. The Balaban J connectivity index is 2.25.